The molecule has 2 heterocycles. The quantitative estimate of drug-likeness (QED) is 0.739. The van der Waals surface area contributed by atoms with Crippen molar-refractivity contribution < 1.29 is 14.4 Å². The molecule has 0 aromatic heterocycles. The van der Waals surface area contributed by atoms with Gasteiger partial charge in [-0.05, 0) is 24.9 Å². The van der Waals surface area contributed by atoms with Crippen LogP contribution in [0.4, 0.5) is 4.79 Å². The summed E-state index contributed by atoms with van der Waals surface area (Å²) in [6.07, 6.45) is 1.87. The Labute approximate surface area is 147 Å². The Kier molecular flexibility index (Phi) is 5.65. The van der Waals surface area contributed by atoms with Gasteiger partial charge in [-0.2, -0.15) is 0 Å². The van der Waals surface area contributed by atoms with E-state index < -0.39 is 0 Å². The number of piperidine rings is 1. The van der Waals surface area contributed by atoms with E-state index in [2.05, 4.69) is 27.7 Å². The molecule has 2 fully saturated rings. The van der Waals surface area contributed by atoms with E-state index in [1.54, 1.807) is 0 Å². The highest BCUT2D eigenvalue weighted by atomic mass is 16.2. The van der Waals surface area contributed by atoms with E-state index in [1.807, 2.05) is 18.2 Å². The first-order valence-electron chi connectivity index (χ1n) is 8.75. The smallest absolute Gasteiger partial charge is 0.324 e. The molecule has 134 valence electrons. The minimum Gasteiger partial charge on any atom is -0.354 e. The Bertz CT molecular complexity index is 618. The molecule has 0 saturated carbocycles. The van der Waals surface area contributed by atoms with E-state index in [1.165, 1.54) is 5.56 Å². The molecule has 2 saturated heterocycles. The van der Waals surface area contributed by atoms with Gasteiger partial charge in [-0.1, -0.05) is 30.3 Å². The van der Waals surface area contributed by atoms with E-state index >= 15 is 0 Å². The van der Waals surface area contributed by atoms with Crippen LogP contribution < -0.4 is 10.6 Å². The first-order valence-corrected chi connectivity index (χ1v) is 8.75. The van der Waals surface area contributed by atoms with Gasteiger partial charge < -0.3 is 10.6 Å². The molecular formula is C18H24N4O3. The maximum Gasteiger partial charge on any atom is 0.324 e. The zero-order valence-electron chi connectivity index (χ0n) is 14.2. The molecule has 2 aliphatic rings. The van der Waals surface area contributed by atoms with E-state index in [4.69, 9.17) is 0 Å². The number of urea groups is 1. The van der Waals surface area contributed by atoms with Crippen molar-refractivity contribution in [1.82, 2.24) is 20.4 Å². The Morgan fingerprint density at radius 1 is 1.24 bits per heavy atom. The fraction of sp³-hybridized carbons (Fsp3) is 0.500. The lowest BCUT2D eigenvalue weighted by molar-refractivity contribution is -0.128. The van der Waals surface area contributed by atoms with Gasteiger partial charge in [0.25, 0.3) is 0 Å². The summed E-state index contributed by atoms with van der Waals surface area (Å²) in [4.78, 5) is 38.8. The van der Waals surface area contributed by atoms with Gasteiger partial charge in [0.05, 0.1) is 12.5 Å². The first-order chi connectivity index (χ1) is 12.1. The Morgan fingerprint density at radius 3 is 2.76 bits per heavy atom. The van der Waals surface area contributed by atoms with E-state index in [0.29, 0.717) is 6.54 Å². The van der Waals surface area contributed by atoms with Gasteiger partial charge in [-0.15, -0.1) is 0 Å². The van der Waals surface area contributed by atoms with Gasteiger partial charge in [0.1, 0.15) is 0 Å². The maximum atomic E-state index is 12.4. The van der Waals surface area contributed by atoms with Crippen LogP contribution in [0.15, 0.2) is 30.3 Å². The second-order valence-electron chi connectivity index (χ2n) is 6.55. The van der Waals surface area contributed by atoms with Crippen LogP contribution >= 0.6 is 0 Å². The average molecular weight is 344 g/mol. The zero-order chi connectivity index (χ0) is 17.6. The van der Waals surface area contributed by atoms with Crippen LogP contribution in [0.25, 0.3) is 0 Å². The number of nitrogens with zero attached hydrogens (tertiary/aromatic N) is 2. The monoisotopic (exact) mass is 344 g/mol. The molecule has 0 unspecified atom stereocenters. The fourth-order valence-electron chi connectivity index (χ4n) is 3.37. The van der Waals surface area contributed by atoms with Gasteiger partial charge in [0.2, 0.25) is 11.8 Å². The summed E-state index contributed by atoms with van der Waals surface area (Å²) in [7, 11) is 0. The van der Waals surface area contributed by atoms with Crippen molar-refractivity contribution in [2.24, 2.45) is 5.92 Å². The highest BCUT2D eigenvalue weighted by Crippen LogP contribution is 2.18. The van der Waals surface area contributed by atoms with Crippen LogP contribution in [0.2, 0.25) is 0 Å². The Balaban J connectivity index is 1.44. The predicted molar refractivity (Wildman–Crippen MR) is 92.6 cm³/mol. The molecule has 2 N–H and O–H groups in total. The summed E-state index contributed by atoms with van der Waals surface area (Å²) in [6, 6.07) is 9.87. The number of amides is 4. The van der Waals surface area contributed by atoms with E-state index in [-0.39, 0.29) is 36.9 Å². The van der Waals surface area contributed by atoms with Crippen LogP contribution in [0, 0.1) is 5.92 Å². The minimum absolute atomic E-state index is 0.00446. The topological polar surface area (TPSA) is 81.8 Å². The third-order valence-corrected chi connectivity index (χ3v) is 4.70. The molecule has 4 amide bonds. The molecule has 1 aromatic carbocycles. The molecule has 0 radical (unpaired) electrons. The van der Waals surface area contributed by atoms with Crippen LogP contribution in [0.3, 0.4) is 0 Å². The van der Waals surface area contributed by atoms with Gasteiger partial charge in [0.15, 0.2) is 0 Å². The van der Waals surface area contributed by atoms with Crippen molar-refractivity contribution in [2.45, 2.75) is 19.4 Å². The lowest BCUT2D eigenvalue weighted by atomic mass is 9.96. The molecule has 25 heavy (non-hydrogen) atoms. The summed E-state index contributed by atoms with van der Waals surface area (Å²) in [6.45, 7) is 3.16. The van der Waals surface area contributed by atoms with Crippen LogP contribution in [-0.4, -0.2) is 60.4 Å². The molecule has 0 aliphatic carbocycles. The SMILES string of the molecule is O=C(NCCN1C(=O)CNC1=O)[C@@H]1CCCN(Cc2ccccc2)C1. The Hall–Kier alpha value is -2.41. The zero-order valence-corrected chi connectivity index (χ0v) is 14.2. The van der Waals surface area contributed by atoms with Gasteiger partial charge in [-0.25, -0.2) is 4.79 Å². The van der Waals surface area contributed by atoms with Gasteiger partial charge in [-0.3, -0.25) is 19.4 Å². The lowest BCUT2D eigenvalue weighted by Crippen LogP contribution is -2.45. The number of benzene rings is 1. The molecule has 0 bridgehead atoms. The third-order valence-electron chi connectivity index (χ3n) is 4.70. The summed E-state index contributed by atoms with van der Waals surface area (Å²) in [5, 5.41) is 5.33. The number of rotatable bonds is 6. The molecule has 1 atom stereocenters. The van der Waals surface area contributed by atoms with Crippen molar-refractivity contribution in [3.05, 3.63) is 35.9 Å². The van der Waals surface area contributed by atoms with Crippen molar-refractivity contribution in [2.75, 3.05) is 32.7 Å². The van der Waals surface area contributed by atoms with Gasteiger partial charge in [0, 0.05) is 26.2 Å². The maximum absolute atomic E-state index is 12.4. The fourth-order valence-corrected chi connectivity index (χ4v) is 3.37. The van der Waals surface area contributed by atoms with E-state index in [9.17, 15) is 14.4 Å². The van der Waals surface area contributed by atoms with Crippen molar-refractivity contribution in [1.29, 1.82) is 0 Å². The molecule has 2 aliphatic heterocycles. The molecule has 7 heteroatoms. The summed E-state index contributed by atoms with van der Waals surface area (Å²) in [5.74, 6) is -0.281. The number of nitrogens with one attached hydrogen (secondary N) is 2. The minimum atomic E-state index is -0.383. The Morgan fingerprint density at radius 2 is 2.04 bits per heavy atom. The van der Waals surface area contributed by atoms with E-state index in [0.717, 1.165) is 37.4 Å². The van der Waals surface area contributed by atoms with Crippen molar-refractivity contribution >= 4 is 17.8 Å². The number of carbonyl (C=O) groups is 3. The molecule has 0 spiro atoms. The number of hydrogen-bond acceptors (Lipinski definition) is 4. The summed E-state index contributed by atoms with van der Waals surface area (Å²) in [5.41, 5.74) is 1.25. The largest absolute Gasteiger partial charge is 0.354 e. The average Bonchev–Trinajstić information content (AvgIpc) is 2.95. The standard InChI is InChI=1S/C18H24N4O3/c23-16-11-20-18(25)22(16)10-8-19-17(24)15-7-4-9-21(13-15)12-14-5-2-1-3-6-14/h1-3,5-6,15H,4,7-13H2,(H,19,24)(H,20,25)/t15-/m1/s1. The molecule has 3 rings (SSSR count). The highest BCUT2D eigenvalue weighted by Gasteiger charge is 2.29. The van der Waals surface area contributed by atoms with Crippen LogP contribution in [0.5, 0.6) is 0 Å². The van der Waals surface area contributed by atoms with Gasteiger partial charge >= 0.3 is 6.03 Å². The lowest BCUT2D eigenvalue weighted by Gasteiger charge is -2.32. The van der Waals surface area contributed by atoms with Crippen molar-refractivity contribution in [3.63, 3.8) is 0 Å². The number of carbonyl (C=O) groups excluding carboxylic acids is 3. The summed E-state index contributed by atoms with van der Waals surface area (Å²) >= 11 is 0. The number of imide groups is 1. The first kappa shape index (κ1) is 17.4. The third kappa shape index (κ3) is 4.57. The number of likely N-dealkylation sites (tertiary alicyclic amines) is 1. The molecular weight excluding hydrogens is 320 g/mol. The highest BCUT2D eigenvalue weighted by molar-refractivity contribution is 6.01. The second kappa shape index (κ2) is 8.11. The van der Waals surface area contributed by atoms with Crippen molar-refractivity contribution in [3.8, 4) is 0 Å². The van der Waals surface area contributed by atoms with Crippen LogP contribution in [-0.2, 0) is 16.1 Å². The normalized spacial score (nSPS) is 21.3. The second-order valence-corrected chi connectivity index (χ2v) is 6.55. The van der Waals surface area contributed by atoms with Crippen LogP contribution in [0.1, 0.15) is 18.4 Å². The number of hydrogen-bond donors (Lipinski definition) is 2. The molecule has 1 aromatic rings. The molecule has 7 nitrogen and oxygen atoms in total. The predicted octanol–water partition coefficient (Wildman–Crippen LogP) is 0.567. The summed E-state index contributed by atoms with van der Waals surface area (Å²) < 4.78 is 0.